The summed E-state index contributed by atoms with van der Waals surface area (Å²) < 4.78 is 0. The van der Waals surface area contributed by atoms with E-state index in [0.717, 1.165) is 0 Å². The molecule has 0 saturated carbocycles. The Kier molecular flexibility index (Phi) is 2.29. The van der Waals surface area contributed by atoms with E-state index in [0.29, 0.717) is 10.6 Å². The third-order valence-electron chi connectivity index (χ3n) is 1.10. The van der Waals surface area contributed by atoms with Gasteiger partial charge in [-0.05, 0) is 6.07 Å². The molecule has 0 atom stereocenters. The van der Waals surface area contributed by atoms with Gasteiger partial charge in [0.2, 0.25) is 0 Å². The third-order valence-corrected chi connectivity index (χ3v) is 1.45. The predicted octanol–water partition coefficient (Wildman–Crippen LogP) is 2.15. The summed E-state index contributed by atoms with van der Waals surface area (Å²) in [6.07, 6.45) is 1.29. The SMILES string of the molecule is ON=Cc1ccccc1Cl. The van der Waals surface area contributed by atoms with Gasteiger partial charge < -0.3 is 5.21 Å². The minimum atomic E-state index is 0.584. The van der Waals surface area contributed by atoms with Crippen LogP contribution in [-0.2, 0) is 0 Å². The maximum Gasteiger partial charge on any atom is 0.0748 e. The van der Waals surface area contributed by atoms with E-state index < -0.39 is 0 Å². The average Bonchev–Trinajstić information content (AvgIpc) is 1.94. The summed E-state index contributed by atoms with van der Waals surface area (Å²) in [5.74, 6) is 0. The Morgan fingerprint density at radius 3 is 2.70 bits per heavy atom. The first kappa shape index (κ1) is 7.09. The first-order valence-corrected chi connectivity index (χ1v) is 3.14. The fourth-order valence-corrected chi connectivity index (χ4v) is 0.827. The van der Waals surface area contributed by atoms with E-state index in [2.05, 4.69) is 5.16 Å². The Hall–Kier alpha value is -1.02. The van der Waals surface area contributed by atoms with Crippen LogP contribution in [0.1, 0.15) is 5.56 Å². The molecule has 1 aromatic rings. The fourth-order valence-electron chi connectivity index (χ4n) is 0.642. The normalized spacial score (nSPS) is 10.5. The molecule has 0 aromatic heterocycles. The van der Waals surface area contributed by atoms with Crippen molar-refractivity contribution >= 4 is 17.8 Å². The quantitative estimate of drug-likeness (QED) is 0.376. The van der Waals surface area contributed by atoms with Gasteiger partial charge in [0.1, 0.15) is 0 Å². The molecule has 0 aliphatic heterocycles. The summed E-state index contributed by atoms with van der Waals surface area (Å²) >= 11 is 5.70. The van der Waals surface area contributed by atoms with Gasteiger partial charge in [-0.1, -0.05) is 35.0 Å². The maximum absolute atomic E-state index is 8.15. The minimum absolute atomic E-state index is 0.584. The van der Waals surface area contributed by atoms with Crippen molar-refractivity contribution in [1.82, 2.24) is 0 Å². The lowest BCUT2D eigenvalue weighted by molar-refractivity contribution is 0.322. The largest absolute Gasteiger partial charge is 0.411 e. The van der Waals surface area contributed by atoms with Gasteiger partial charge in [-0.15, -0.1) is 0 Å². The molecule has 0 radical (unpaired) electrons. The molecular formula is C7H6ClNO. The molecule has 0 aliphatic carbocycles. The number of hydrogen-bond donors (Lipinski definition) is 1. The smallest absolute Gasteiger partial charge is 0.0748 e. The molecule has 0 spiro atoms. The van der Waals surface area contributed by atoms with Crippen molar-refractivity contribution in [2.45, 2.75) is 0 Å². The van der Waals surface area contributed by atoms with Crippen LogP contribution in [-0.4, -0.2) is 11.4 Å². The summed E-state index contributed by atoms with van der Waals surface area (Å²) in [6, 6.07) is 7.14. The Morgan fingerprint density at radius 2 is 2.10 bits per heavy atom. The van der Waals surface area contributed by atoms with Gasteiger partial charge in [-0.2, -0.15) is 0 Å². The van der Waals surface area contributed by atoms with E-state index in [9.17, 15) is 0 Å². The zero-order valence-corrected chi connectivity index (χ0v) is 5.92. The molecule has 1 aromatic carbocycles. The highest BCUT2D eigenvalue weighted by atomic mass is 35.5. The van der Waals surface area contributed by atoms with Gasteiger partial charge in [0.25, 0.3) is 0 Å². The zero-order valence-electron chi connectivity index (χ0n) is 5.16. The van der Waals surface area contributed by atoms with Crippen LogP contribution in [0.4, 0.5) is 0 Å². The number of oxime groups is 1. The van der Waals surface area contributed by atoms with Gasteiger partial charge >= 0.3 is 0 Å². The molecule has 1 rings (SSSR count). The lowest BCUT2D eigenvalue weighted by Crippen LogP contribution is -1.80. The highest BCUT2D eigenvalue weighted by molar-refractivity contribution is 6.33. The van der Waals surface area contributed by atoms with E-state index in [1.807, 2.05) is 12.1 Å². The molecule has 1 N–H and O–H groups in total. The van der Waals surface area contributed by atoms with Crippen molar-refractivity contribution < 1.29 is 5.21 Å². The predicted molar refractivity (Wildman–Crippen MR) is 40.8 cm³/mol. The topological polar surface area (TPSA) is 32.6 Å². The maximum atomic E-state index is 8.15. The fraction of sp³-hybridized carbons (Fsp3) is 0. The van der Waals surface area contributed by atoms with Crippen molar-refractivity contribution in [3.8, 4) is 0 Å². The highest BCUT2D eigenvalue weighted by Crippen LogP contribution is 2.11. The van der Waals surface area contributed by atoms with Crippen LogP contribution in [0.25, 0.3) is 0 Å². The average molecular weight is 156 g/mol. The molecule has 52 valence electrons. The number of halogens is 1. The molecule has 0 amide bonds. The Labute approximate surface area is 63.7 Å². The van der Waals surface area contributed by atoms with Crippen LogP contribution in [0.2, 0.25) is 5.02 Å². The first-order valence-electron chi connectivity index (χ1n) is 2.76. The van der Waals surface area contributed by atoms with Gasteiger partial charge in [-0.3, -0.25) is 0 Å². The molecule has 0 unspecified atom stereocenters. The highest BCUT2D eigenvalue weighted by Gasteiger charge is 1.92. The van der Waals surface area contributed by atoms with Crippen molar-refractivity contribution in [3.63, 3.8) is 0 Å². The van der Waals surface area contributed by atoms with Crippen molar-refractivity contribution in [2.75, 3.05) is 0 Å². The standard InChI is InChI=1S/C7H6ClNO/c8-7-4-2-1-3-6(7)5-9-10/h1-5,10H. The van der Waals surface area contributed by atoms with Gasteiger partial charge in [0.05, 0.1) is 6.21 Å². The lowest BCUT2D eigenvalue weighted by Gasteiger charge is -1.92. The number of benzene rings is 1. The second kappa shape index (κ2) is 3.22. The summed E-state index contributed by atoms with van der Waals surface area (Å²) in [7, 11) is 0. The van der Waals surface area contributed by atoms with E-state index in [-0.39, 0.29) is 0 Å². The second-order valence-corrected chi connectivity index (χ2v) is 2.17. The molecule has 0 saturated heterocycles. The van der Waals surface area contributed by atoms with Crippen LogP contribution in [0.15, 0.2) is 29.4 Å². The van der Waals surface area contributed by atoms with Crippen LogP contribution >= 0.6 is 11.6 Å². The van der Waals surface area contributed by atoms with Crippen LogP contribution < -0.4 is 0 Å². The number of rotatable bonds is 1. The summed E-state index contributed by atoms with van der Waals surface area (Å²) in [5, 5.41) is 11.6. The van der Waals surface area contributed by atoms with Crippen molar-refractivity contribution in [1.29, 1.82) is 0 Å². The minimum Gasteiger partial charge on any atom is -0.411 e. The van der Waals surface area contributed by atoms with Gasteiger partial charge in [-0.25, -0.2) is 0 Å². The molecule has 0 fully saturated rings. The van der Waals surface area contributed by atoms with Crippen molar-refractivity contribution in [2.24, 2.45) is 5.16 Å². The Balaban J connectivity index is 3.03. The summed E-state index contributed by atoms with van der Waals surface area (Å²) in [5.41, 5.74) is 0.715. The molecular weight excluding hydrogens is 150 g/mol. The molecule has 10 heavy (non-hydrogen) atoms. The third kappa shape index (κ3) is 1.48. The molecule has 0 bridgehead atoms. The molecule has 2 nitrogen and oxygen atoms in total. The van der Waals surface area contributed by atoms with E-state index >= 15 is 0 Å². The zero-order chi connectivity index (χ0) is 7.40. The second-order valence-electron chi connectivity index (χ2n) is 1.77. The Morgan fingerprint density at radius 1 is 1.40 bits per heavy atom. The van der Waals surface area contributed by atoms with E-state index in [4.69, 9.17) is 16.8 Å². The van der Waals surface area contributed by atoms with Crippen LogP contribution in [0.3, 0.4) is 0 Å². The van der Waals surface area contributed by atoms with Crippen LogP contribution in [0.5, 0.6) is 0 Å². The Bertz CT molecular complexity index is 247. The molecule has 0 heterocycles. The molecule has 0 aliphatic rings. The number of nitrogens with zero attached hydrogens (tertiary/aromatic N) is 1. The summed E-state index contributed by atoms with van der Waals surface area (Å²) in [4.78, 5) is 0. The van der Waals surface area contributed by atoms with Crippen molar-refractivity contribution in [3.05, 3.63) is 34.9 Å². The number of hydrogen-bond acceptors (Lipinski definition) is 2. The van der Waals surface area contributed by atoms with Crippen LogP contribution in [0, 0.1) is 0 Å². The van der Waals surface area contributed by atoms with E-state index in [1.165, 1.54) is 6.21 Å². The molecule has 3 heteroatoms. The first-order chi connectivity index (χ1) is 4.84. The monoisotopic (exact) mass is 155 g/mol. The van der Waals surface area contributed by atoms with E-state index in [1.54, 1.807) is 12.1 Å². The lowest BCUT2D eigenvalue weighted by atomic mass is 10.2. The van der Waals surface area contributed by atoms with Gasteiger partial charge in [0.15, 0.2) is 0 Å². The van der Waals surface area contributed by atoms with Gasteiger partial charge in [0, 0.05) is 10.6 Å². The summed E-state index contributed by atoms with van der Waals surface area (Å²) in [6.45, 7) is 0.